The second kappa shape index (κ2) is 3.09. The van der Waals surface area contributed by atoms with Crippen molar-refractivity contribution in [2.75, 3.05) is 0 Å². The Labute approximate surface area is 76.9 Å². The Hall–Kier alpha value is -1.51. The van der Waals surface area contributed by atoms with E-state index in [1.807, 2.05) is 12.1 Å². The van der Waals surface area contributed by atoms with E-state index >= 15 is 0 Å². The minimum Gasteiger partial charge on any atom is -0.253 e. The van der Waals surface area contributed by atoms with Gasteiger partial charge in [-0.25, -0.2) is 9.97 Å². The number of hydrogen-bond donors (Lipinski definition) is 0. The van der Waals surface area contributed by atoms with Gasteiger partial charge in [-0.05, 0) is 18.1 Å². The summed E-state index contributed by atoms with van der Waals surface area (Å²) in [7, 11) is 0. The average molecular weight is 173 g/mol. The largest absolute Gasteiger partial charge is 0.253 e. The maximum absolute atomic E-state index is 4.28. The molecule has 2 aromatic heterocycles. The molecule has 0 aliphatic heterocycles. The molecular weight excluding hydrogens is 162 g/mol. The molecule has 2 rings (SSSR count). The van der Waals surface area contributed by atoms with Crippen molar-refractivity contribution in [2.45, 2.75) is 19.8 Å². The highest BCUT2D eigenvalue weighted by atomic mass is 14.9. The third-order valence-electron chi connectivity index (χ3n) is 1.97. The van der Waals surface area contributed by atoms with Gasteiger partial charge >= 0.3 is 0 Å². The van der Waals surface area contributed by atoms with Gasteiger partial charge in [0.25, 0.3) is 0 Å². The molecular formula is C10H11N3. The molecule has 0 saturated heterocycles. The fourth-order valence-corrected chi connectivity index (χ4v) is 1.34. The summed E-state index contributed by atoms with van der Waals surface area (Å²) in [4.78, 5) is 12.7. The molecule has 13 heavy (non-hydrogen) atoms. The van der Waals surface area contributed by atoms with E-state index in [0.717, 1.165) is 16.7 Å². The second-order valence-electron chi connectivity index (χ2n) is 3.28. The number of hydrogen-bond acceptors (Lipinski definition) is 3. The Morgan fingerprint density at radius 1 is 1.15 bits per heavy atom. The molecule has 0 aromatic carbocycles. The van der Waals surface area contributed by atoms with Gasteiger partial charge in [0.05, 0.1) is 11.2 Å². The molecule has 3 nitrogen and oxygen atoms in total. The van der Waals surface area contributed by atoms with Gasteiger partial charge in [-0.1, -0.05) is 13.8 Å². The second-order valence-corrected chi connectivity index (χ2v) is 3.28. The third-order valence-corrected chi connectivity index (χ3v) is 1.97. The van der Waals surface area contributed by atoms with Crippen molar-refractivity contribution in [3.8, 4) is 0 Å². The van der Waals surface area contributed by atoms with Gasteiger partial charge < -0.3 is 0 Å². The van der Waals surface area contributed by atoms with Crippen LogP contribution in [0.5, 0.6) is 0 Å². The topological polar surface area (TPSA) is 38.7 Å². The van der Waals surface area contributed by atoms with Gasteiger partial charge in [-0.15, -0.1) is 0 Å². The molecule has 0 radical (unpaired) electrons. The molecule has 0 saturated carbocycles. The van der Waals surface area contributed by atoms with Crippen molar-refractivity contribution < 1.29 is 0 Å². The summed E-state index contributed by atoms with van der Waals surface area (Å²) in [5.41, 5.74) is 2.85. The van der Waals surface area contributed by atoms with Crippen LogP contribution in [0.15, 0.2) is 24.7 Å². The molecule has 66 valence electrons. The summed E-state index contributed by atoms with van der Waals surface area (Å²) in [5, 5.41) is 0. The zero-order valence-electron chi connectivity index (χ0n) is 7.73. The normalized spacial score (nSPS) is 11.0. The van der Waals surface area contributed by atoms with E-state index < -0.39 is 0 Å². The van der Waals surface area contributed by atoms with Crippen LogP contribution in [0.4, 0.5) is 0 Å². The van der Waals surface area contributed by atoms with Crippen molar-refractivity contribution >= 4 is 11.0 Å². The summed E-state index contributed by atoms with van der Waals surface area (Å²) in [6.07, 6.45) is 3.37. The van der Waals surface area contributed by atoms with Crippen LogP contribution in [0.2, 0.25) is 0 Å². The van der Waals surface area contributed by atoms with Gasteiger partial charge in [-0.3, -0.25) is 4.98 Å². The van der Waals surface area contributed by atoms with Crippen molar-refractivity contribution in [2.24, 2.45) is 0 Å². The summed E-state index contributed by atoms with van der Waals surface area (Å²) < 4.78 is 0. The SMILES string of the molecule is CC(C)c1ncnc2cccnc12. The average Bonchev–Trinajstić information content (AvgIpc) is 2.17. The molecule has 3 heteroatoms. The van der Waals surface area contributed by atoms with Crippen LogP contribution >= 0.6 is 0 Å². The Kier molecular flexibility index (Phi) is 1.93. The molecule has 2 aromatic rings. The maximum Gasteiger partial charge on any atom is 0.116 e. The van der Waals surface area contributed by atoms with Crippen LogP contribution in [-0.2, 0) is 0 Å². The number of rotatable bonds is 1. The highest BCUT2D eigenvalue weighted by Crippen LogP contribution is 2.18. The van der Waals surface area contributed by atoms with Crippen LogP contribution in [-0.4, -0.2) is 15.0 Å². The zero-order valence-corrected chi connectivity index (χ0v) is 7.73. The van der Waals surface area contributed by atoms with Crippen molar-refractivity contribution in [3.63, 3.8) is 0 Å². The first-order chi connectivity index (χ1) is 6.29. The first-order valence-corrected chi connectivity index (χ1v) is 4.34. The van der Waals surface area contributed by atoms with Crippen LogP contribution in [0.3, 0.4) is 0 Å². The summed E-state index contributed by atoms with van der Waals surface area (Å²) in [5.74, 6) is 0.389. The Bertz CT molecular complexity index is 418. The van der Waals surface area contributed by atoms with Gasteiger partial charge in [0.1, 0.15) is 11.8 Å². The van der Waals surface area contributed by atoms with Crippen LogP contribution in [0, 0.1) is 0 Å². The van der Waals surface area contributed by atoms with Crippen molar-refractivity contribution in [3.05, 3.63) is 30.4 Å². The molecule has 0 aliphatic carbocycles. The minimum absolute atomic E-state index is 0.389. The molecule has 0 N–H and O–H groups in total. The summed E-state index contributed by atoms with van der Waals surface area (Å²) >= 11 is 0. The number of pyridine rings is 1. The zero-order chi connectivity index (χ0) is 9.26. The highest BCUT2D eigenvalue weighted by Gasteiger charge is 2.06. The van der Waals surface area contributed by atoms with Crippen LogP contribution in [0.25, 0.3) is 11.0 Å². The molecule has 0 fully saturated rings. The predicted octanol–water partition coefficient (Wildman–Crippen LogP) is 2.15. The lowest BCUT2D eigenvalue weighted by Crippen LogP contribution is -1.96. The quantitative estimate of drug-likeness (QED) is 0.663. The third kappa shape index (κ3) is 1.37. The van der Waals surface area contributed by atoms with E-state index in [1.165, 1.54) is 0 Å². The van der Waals surface area contributed by atoms with Gasteiger partial charge in [0, 0.05) is 6.20 Å². The van der Waals surface area contributed by atoms with Crippen LogP contribution < -0.4 is 0 Å². The molecule has 0 aliphatic rings. The Morgan fingerprint density at radius 3 is 2.77 bits per heavy atom. The number of fused-ring (bicyclic) bond motifs is 1. The van der Waals surface area contributed by atoms with E-state index in [4.69, 9.17) is 0 Å². The van der Waals surface area contributed by atoms with Crippen molar-refractivity contribution in [1.82, 2.24) is 15.0 Å². The minimum atomic E-state index is 0.389. The molecule has 0 spiro atoms. The highest BCUT2D eigenvalue weighted by molar-refractivity contribution is 5.76. The molecule has 0 bridgehead atoms. The molecule has 0 amide bonds. The maximum atomic E-state index is 4.28. The monoisotopic (exact) mass is 173 g/mol. The summed E-state index contributed by atoms with van der Waals surface area (Å²) in [6.45, 7) is 4.22. The molecule has 0 unspecified atom stereocenters. The molecule has 0 atom stereocenters. The fourth-order valence-electron chi connectivity index (χ4n) is 1.34. The lowest BCUT2D eigenvalue weighted by Gasteiger charge is -2.05. The van der Waals surface area contributed by atoms with Gasteiger partial charge in [0.15, 0.2) is 0 Å². The first kappa shape index (κ1) is 8.10. The van der Waals surface area contributed by atoms with E-state index in [1.54, 1.807) is 12.5 Å². The number of nitrogens with zero attached hydrogens (tertiary/aromatic N) is 3. The predicted molar refractivity (Wildman–Crippen MR) is 51.4 cm³/mol. The van der Waals surface area contributed by atoms with Gasteiger partial charge in [-0.2, -0.15) is 0 Å². The van der Waals surface area contributed by atoms with Gasteiger partial charge in [0.2, 0.25) is 0 Å². The van der Waals surface area contributed by atoms with E-state index in [2.05, 4.69) is 28.8 Å². The summed E-state index contributed by atoms with van der Waals surface area (Å²) in [6, 6.07) is 3.84. The van der Waals surface area contributed by atoms with E-state index in [0.29, 0.717) is 5.92 Å². The first-order valence-electron chi connectivity index (χ1n) is 4.34. The lowest BCUT2D eigenvalue weighted by molar-refractivity contribution is 0.824. The van der Waals surface area contributed by atoms with Crippen LogP contribution in [0.1, 0.15) is 25.5 Å². The van der Waals surface area contributed by atoms with E-state index in [9.17, 15) is 0 Å². The Balaban J connectivity index is 2.76. The smallest absolute Gasteiger partial charge is 0.116 e. The fraction of sp³-hybridized carbons (Fsp3) is 0.300. The van der Waals surface area contributed by atoms with Crippen molar-refractivity contribution in [1.29, 1.82) is 0 Å². The van der Waals surface area contributed by atoms with E-state index in [-0.39, 0.29) is 0 Å². The standard InChI is InChI=1S/C10H11N3/c1-7(2)9-10-8(12-6-13-9)4-3-5-11-10/h3-7H,1-2H3. The Morgan fingerprint density at radius 2 is 2.00 bits per heavy atom. The number of aromatic nitrogens is 3. The molecule has 2 heterocycles. The lowest BCUT2D eigenvalue weighted by atomic mass is 10.1.